The fraction of sp³-hybridized carbons (Fsp3) is 0.875. The summed E-state index contributed by atoms with van der Waals surface area (Å²) >= 11 is 0. The van der Waals surface area contributed by atoms with Crippen LogP contribution in [0.25, 0.3) is 0 Å². The Morgan fingerprint density at radius 3 is 2.74 bits per heavy atom. The normalized spacial score (nSPS) is 33.4. The van der Waals surface area contributed by atoms with E-state index in [1.807, 2.05) is 6.26 Å². The average Bonchev–Trinajstić information content (AvgIpc) is 2.44. The van der Waals surface area contributed by atoms with E-state index in [0.29, 0.717) is 6.04 Å². The Kier molecular flexibility index (Phi) is 5.28. The van der Waals surface area contributed by atoms with Crippen LogP contribution in [0.4, 0.5) is 0 Å². The highest BCUT2D eigenvalue weighted by atomic mass is 16.5. The summed E-state index contributed by atoms with van der Waals surface area (Å²) in [5.74, 6) is 0.836. The molecule has 1 aliphatic heterocycles. The second kappa shape index (κ2) is 6.76. The summed E-state index contributed by atoms with van der Waals surface area (Å²) in [5.41, 5.74) is 1.36. The zero-order valence-corrected chi connectivity index (χ0v) is 12.7. The SMILES string of the molecule is CCOC1(C(NC)C2=COCCC2)CCC(C)CC1. The summed E-state index contributed by atoms with van der Waals surface area (Å²) in [6, 6.07) is 0.306. The van der Waals surface area contributed by atoms with Crippen LogP contribution < -0.4 is 5.32 Å². The third kappa shape index (κ3) is 3.32. The second-order valence-electron chi connectivity index (χ2n) is 6.07. The van der Waals surface area contributed by atoms with Crippen molar-refractivity contribution in [3.05, 3.63) is 11.8 Å². The maximum Gasteiger partial charge on any atom is 0.0876 e. The van der Waals surface area contributed by atoms with Crippen LogP contribution in [-0.4, -0.2) is 31.9 Å². The number of hydrogen-bond donors (Lipinski definition) is 1. The van der Waals surface area contributed by atoms with Crippen molar-refractivity contribution in [3.63, 3.8) is 0 Å². The molecular formula is C16H29NO2. The van der Waals surface area contributed by atoms with Crippen molar-refractivity contribution in [2.75, 3.05) is 20.3 Å². The Labute approximate surface area is 117 Å². The lowest BCUT2D eigenvalue weighted by atomic mass is 9.72. The van der Waals surface area contributed by atoms with E-state index >= 15 is 0 Å². The number of rotatable bonds is 5. The van der Waals surface area contributed by atoms with Crippen molar-refractivity contribution in [2.24, 2.45) is 5.92 Å². The minimum absolute atomic E-state index is 0.0253. The highest BCUT2D eigenvalue weighted by Gasteiger charge is 2.43. The molecule has 3 nitrogen and oxygen atoms in total. The third-order valence-electron chi connectivity index (χ3n) is 4.70. The first-order chi connectivity index (χ1) is 9.22. The van der Waals surface area contributed by atoms with Crippen molar-refractivity contribution in [2.45, 2.75) is 64.0 Å². The maximum atomic E-state index is 6.27. The van der Waals surface area contributed by atoms with Crippen LogP contribution in [0, 0.1) is 5.92 Å². The van der Waals surface area contributed by atoms with Gasteiger partial charge in [-0.2, -0.15) is 0 Å². The van der Waals surface area contributed by atoms with Gasteiger partial charge in [-0.3, -0.25) is 0 Å². The predicted molar refractivity (Wildman–Crippen MR) is 78.1 cm³/mol. The first-order valence-electron chi connectivity index (χ1n) is 7.83. The van der Waals surface area contributed by atoms with E-state index in [-0.39, 0.29) is 5.60 Å². The van der Waals surface area contributed by atoms with Gasteiger partial charge in [0.05, 0.1) is 24.5 Å². The molecule has 2 rings (SSSR count). The molecule has 1 atom stereocenters. The van der Waals surface area contributed by atoms with Crippen LogP contribution in [0.3, 0.4) is 0 Å². The molecule has 1 aliphatic carbocycles. The van der Waals surface area contributed by atoms with Gasteiger partial charge in [0.15, 0.2) is 0 Å². The van der Waals surface area contributed by atoms with Crippen LogP contribution in [0.2, 0.25) is 0 Å². The Hall–Kier alpha value is -0.540. The molecular weight excluding hydrogens is 238 g/mol. The Balaban J connectivity index is 2.17. The lowest BCUT2D eigenvalue weighted by Gasteiger charge is -2.46. The molecule has 110 valence electrons. The van der Waals surface area contributed by atoms with E-state index in [4.69, 9.17) is 9.47 Å². The molecule has 0 aromatic heterocycles. The van der Waals surface area contributed by atoms with Gasteiger partial charge in [-0.1, -0.05) is 6.92 Å². The molecule has 0 bridgehead atoms. The largest absolute Gasteiger partial charge is 0.501 e. The van der Waals surface area contributed by atoms with E-state index in [2.05, 4.69) is 26.2 Å². The van der Waals surface area contributed by atoms with Crippen molar-refractivity contribution < 1.29 is 9.47 Å². The number of likely N-dealkylation sites (N-methyl/N-ethyl adjacent to an activating group) is 1. The van der Waals surface area contributed by atoms with Crippen molar-refractivity contribution in [1.82, 2.24) is 5.32 Å². The summed E-state index contributed by atoms with van der Waals surface area (Å²) in [5, 5.41) is 3.51. The molecule has 0 amide bonds. The van der Waals surface area contributed by atoms with Crippen LogP contribution in [-0.2, 0) is 9.47 Å². The molecule has 3 heteroatoms. The Morgan fingerprint density at radius 1 is 1.47 bits per heavy atom. The molecule has 1 N–H and O–H groups in total. The predicted octanol–water partition coefficient (Wildman–Crippen LogP) is 3.25. The van der Waals surface area contributed by atoms with Crippen LogP contribution in [0.5, 0.6) is 0 Å². The fourth-order valence-electron chi connectivity index (χ4n) is 3.64. The number of hydrogen-bond acceptors (Lipinski definition) is 3. The minimum atomic E-state index is -0.0253. The van der Waals surface area contributed by atoms with E-state index in [0.717, 1.165) is 44.8 Å². The molecule has 2 aliphatic rings. The molecule has 1 unspecified atom stereocenters. The van der Waals surface area contributed by atoms with Crippen LogP contribution >= 0.6 is 0 Å². The highest BCUT2D eigenvalue weighted by Crippen LogP contribution is 2.40. The van der Waals surface area contributed by atoms with Gasteiger partial charge in [0.1, 0.15) is 0 Å². The standard InChI is InChI=1S/C16H29NO2/c1-4-19-16(9-7-13(2)8-10-16)15(17-3)14-6-5-11-18-12-14/h12-13,15,17H,4-11H2,1-3H3. The van der Waals surface area contributed by atoms with Crippen LogP contribution in [0.15, 0.2) is 11.8 Å². The van der Waals surface area contributed by atoms with Gasteiger partial charge in [-0.15, -0.1) is 0 Å². The first kappa shape index (κ1) is 14.9. The van der Waals surface area contributed by atoms with Crippen LogP contribution in [0.1, 0.15) is 52.4 Å². The lowest BCUT2D eigenvalue weighted by molar-refractivity contribution is -0.0887. The summed E-state index contributed by atoms with van der Waals surface area (Å²) in [6.45, 7) is 6.12. The average molecular weight is 267 g/mol. The Morgan fingerprint density at radius 2 is 2.21 bits per heavy atom. The third-order valence-corrected chi connectivity index (χ3v) is 4.70. The molecule has 1 fully saturated rings. The van der Waals surface area contributed by atoms with E-state index in [1.165, 1.54) is 18.4 Å². The van der Waals surface area contributed by atoms with Gasteiger partial charge in [-0.05, 0) is 64.0 Å². The topological polar surface area (TPSA) is 30.5 Å². The molecule has 0 radical (unpaired) electrons. The lowest BCUT2D eigenvalue weighted by Crippen LogP contribution is -2.54. The van der Waals surface area contributed by atoms with E-state index < -0.39 is 0 Å². The van der Waals surface area contributed by atoms with Gasteiger partial charge in [-0.25, -0.2) is 0 Å². The molecule has 0 saturated heterocycles. The molecule has 0 aromatic rings. The summed E-state index contributed by atoms with van der Waals surface area (Å²) in [7, 11) is 2.05. The van der Waals surface area contributed by atoms with Crippen molar-refractivity contribution in [3.8, 4) is 0 Å². The van der Waals surface area contributed by atoms with Gasteiger partial charge in [0.2, 0.25) is 0 Å². The van der Waals surface area contributed by atoms with Crippen molar-refractivity contribution in [1.29, 1.82) is 0 Å². The molecule has 19 heavy (non-hydrogen) atoms. The van der Waals surface area contributed by atoms with Gasteiger partial charge < -0.3 is 14.8 Å². The smallest absolute Gasteiger partial charge is 0.0876 e. The van der Waals surface area contributed by atoms with Gasteiger partial charge in [0, 0.05) is 6.61 Å². The summed E-state index contributed by atoms with van der Waals surface area (Å²) in [4.78, 5) is 0. The molecule has 0 spiro atoms. The highest BCUT2D eigenvalue weighted by molar-refractivity contribution is 5.18. The molecule has 1 heterocycles. The molecule has 0 aromatic carbocycles. The summed E-state index contributed by atoms with van der Waals surface area (Å²) < 4.78 is 11.8. The fourth-order valence-corrected chi connectivity index (χ4v) is 3.64. The summed E-state index contributed by atoms with van der Waals surface area (Å²) in [6.07, 6.45) is 9.09. The zero-order valence-electron chi connectivity index (χ0n) is 12.7. The first-order valence-corrected chi connectivity index (χ1v) is 7.83. The zero-order chi connectivity index (χ0) is 13.7. The quantitative estimate of drug-likeness (QED) is 0.829. The minimum Gasteiger partial charge on any atom is -0.501 e. The number of nitrogens with one attached hydrogen (secondary N) is 1. The monoisotopic (exact) mass is 267 g/mol. The van der Waals surface area contributed by atoms with Crippen molar-refractivity contribution >= 4 is 0 Å². The van der Waals surface area contributed by atoms with E-state index in [1.54, 1.807) is 0 Å². The Bertz CT molecular complexity index is 306. The van der Waals surface area contributed by atoms with Gasteiger partial charge in [0.25, 0.3) is 0 Å². The van der Waals surface area contributed by atoms with E-state index in [9.17, 15) is 0 Å². The molecule has 1 saturated carbocycles. The maximum absolute atomic E-state index is 6.27. The number of ether oxygens (including phenoxy) is 2. The second-order valence-corrected chi connectivity index (χ2v) is 6.07. The van der Waals surface area contributed by atoms with Gasteiger partial charge >= 0.3 is 0 Å².